The van der Waals surface area contributed by atoms with Crippen LogP contribution in [0.3, 0.4) is 0 Å². The Bertz CT molecular complexity index is 2460. The molecule has 2 heterocycles. The minimum Gasteiger partial charge on any atom is -0.508 e. The van der Waals surface area contributed by atoms with E-state index in [-0.39, 0.29) is 69.1 Å². The van der Waals surface area contributed by atoms with Gasteiger partial charge in [0.2, 0.25) is 65.0 Å². The van der Waals surface area contributed by atoms with Gasteiger partial charge in [0.1, 0.15) is 48.0 Å². The van der Waals surface area contributed by atoms with Crippen molar-refractivity contribution in [3.63, 3.8) is 0 Å². The van der Waals surface area contributed by atoms with Crippen molar-refractivity contribution >= 4 is 92.5 Å². The minimum absolute atomic E-state index is 0.00864. The summed E-state index contributed by atoms with van der Waals surface area (Å²) >= 11 is 0. The van der Waals surface area contributed by atoms with E-state index in [1.54, 1.807) is 56.3 Å². The van der Waals surface area contributed by atoms with Crippen LogP contribution in [0.2, 0.25) is 0 Å². The zero-order valence-electron chi connectivity index (χ0n) is 42.2. The Balaban J connectivity index is 1.73. The van der Waals surface area contributed by atoms with Gasteiger partial charge in [-0.25, -0.2) is 0 Å². The summed E-state index contributed by atoms with van der Waals surface area (Å²) in [5.41, 5.74) is 28.2. The van der Waals surface area contributed by atoms with Crippen LogP contribution in [0.25, 0.3) is 0 Å². The van der Waals surface area contributed by atoms with Gasteiger partial charge in [0.05, 0.1) is 13.0 Å². The Morgan fingerprint density at radius 3 is 1.97 bits per heavy atom. The highest BCUT2D eigenvalue weighted by atomic mass is 33.1. The van der Waals surface area contributed by atoms with Crippen LogP contribution < -0.4 is 65.9 Å². The molecule has 0 radical (unpaired) electrons. The van der Waals surface area contributed by atoms with Gasteiger partial charge < -0.3 is 75.9 Å². The average molecular weight is 1100 g/mol. The molecule has 0 unspecified atom stereocenters. The lowest BCUT2D eigenvalue weighted by atomic mass is 10.0. The van der Waals surface area contributed by atoms with Gasteiger partial charge in [-0.15, -0.1) is 0 Å². The molecule has 28 heteroatoms. The maximum absolute atomic E-state index is 14.7. The largest absolute Gasteiger partial charge is 0.508 e. The summed E-state index contributed by atoms with van der Waals surface area (Å²) in [6.07, 6.45) is -1.44. The van der Waals surface area contributed by atoms with E-state index in [0.29, 0.717) is 17.5 Å². The summed E-state index contributed by atoms with van der Waals surface area (Å²) in [5, 5.41) is 28.0. The lowest BCUT2D eigenvalue weighted by molar-refractivity contribution is -0.142. The molecule has 414 valence electrons. The van der Waals surface area contributed by atoms with Crippen molar-refractivity contribution in [1.29, 1.82) is 0 Å². The van der Waals surface area contributed by atoms with Crippen LogP contribution in [-0.2, 0) is 65.6 Å². The van der Waals surface area contributed by atoms with Gasteiger partial charge in [-0.1, -0.05) is 64.1 Å². The quantitative estimate of drug-likeness (QED) is 0.0280. The molecule has 0 aliphatic carbocycles. The normalized spacial score (nSPS) is 22.2. The molecule has 0 spiro atoms. The predicted octanol–water partition coefficient (Wildman–Crippen LogP) is -3.56. The molecule has 0 saturated carbocycles. The first-order valence-electron chi connectivity index (χ1n) is 24.3. The third-order valence-electron chi connectivity index (χ3n) is 11.9. The first-order chi connectivity index (χ1) is 35.9. The summed E-state index contributed by atoms with van der Waals surface area (Å²) in [6, 6.07) is 4.43. The number of amides is 11. The number of aliphatic imine (C=N–C) groups is 1. The fourth-order valence-corrected chi connectivity index (χ4v) is 10.8. The van der Waals surface area contributed by atoms with Gasteiger partial charge in [-0.05, 0) is 69.2 Å². The fourth-order valence-electron chi connectivity index (χ4n) is 8.13. The van der Waals surface area contributed by atoms with E-state index in [2.05, 4.69) is 42.2 Å². The zero-order chi connectivity index (χ0) is 56.1. The second kappa shape index (κ2) is 29.5. The number of primary amides is 3. The number of hydrogen-bond donors (Lipinski definition) is 13. The Labute approximate surface area is 446 Å². The first kappa shape index (κ1) is 60.9. The predicted molar refractivity (Wildman–Crippen MR) is 281 cm³/mol. The second-order valence-electron chi connectivity index (χ2n) is 18.8. The average Bonchev–Trinajstić information content (AvgIpc) is 3.85. The summed E-state index contributed by atoms with van der Waals surface area (Å²) in [6.45, 7) is 3.03. The van der Waals surface area contributed by atoms with Crippen molar-refractivity contribution < 1.29 is 57.8 Å². The van der Waals surface area contributed by atoms with Crippen LogP contribution in [0.5, 0.6) is 5.75 Å². The highest BCUT2D eigenvalue weighted by Crippen LogP contribution is 2.39. The number of likely N-dealkylation sites (tertiary alicyclic amines) is 1. The first-order valence-corrected chi connectivity index (χ1v) is 26.6. The molecule has 26 nitrogen and oxygen atoms in total. The fraction of sp³-hybridized carbons (Fsp3) is 0.500. The van der Waals surface area contributed by atoms with Crippen molar-refractivity contribution in [2.45, 2.75) is 125 Å². The van der Waals surface area contributed by atoms with Gasteiger partial charge in [0.15, 0.2) is 5.96 Å². The second-order valence-corrected chi connectivity index (χ2v) is 21.8. The maximum Gasteiger partial charge on any atom is 0.246 e. The van der Waals surface area contributed by atoms with E-state index in [9.17, 15) is 57.8 Å². The Hall–Kier alpha value is -7.62. The smallest absolute Gasteiger partial charge is 0.246 e. The number of nitrogens with zero attached hydrogens (tertiary/aromatic N) is 2. The highest BCUT2D eigenvalue weighted by molar-refractivity contribution is 8.77. The van der Waals surface area contributed by atoms with Crippen LogP contribution in [0, 0.1) is 0 Å². The molecule has 18 N–H and O–H groups in total. The number of rotatable bonds is 19. The van der Waals surface area contributed by atoms with Crippen LogP contribution in [-0.4, -0.2) is 153 Å². The lowest BCUT2D eigenvalue weighted by Gasteiger charge is -2.31. The van der Waals surface area contributed by atoms with Gasteiger partial charge in [0, 0.05) is 49.3 Å². The number of carbonyl (C=O) groups excluding carboxylic acids is 11. The van der Waals surface area contributed by atoms with Crippen LogP contribution in [0.1, 0.15) is 76.3 Å². The molecule has 76 heavy (non-hydrogen) atoms. The topological polar surface area (TPSA) is 438 Å². The van der Waals surface area contributed by atoms with Crippen molar-refractivity contribution in [2.24, 2.45) is 33.7 Å². The van der Waals surface area contributed by atoms with Gasteiger partial charge >= 0.3 is 0 Å². The van der Waals surface area contributed by atoms with Crippen LogP contribution in [0.4, 0.5) is 0 Å². The highest BCUT2D eigenvalue weighted by Gasteiger charge is 2.41. The molecular formula is C48H68N14O12S2. The minimum atomic E-state index is -1.78. The van der Waals surface area contributed by atoms with Crippen LogP contribution in [0.15, 0.2) is 59.6 Å². The Morgan fingerprint density at radius 2 is 1.36 bits per heavy atom. The third kappa shape index (κ3) is 20.6. The molecular weight excluding hydrogens is 1030 g/mol. The molecule has 2 aliphatic rings. The van der Waals surface area contributed by atoms with Gasteiger partial charge in [0.25, 0.3) is 0 Å². The zero-order valence-corrected chi connectivity index (χ0v) is 43.8. The molecule has 2 aromatic rings. The molecule has 11 amide bonds. The number of nitrogens with one attached hydrogen (secondary N) is 7. The third-order valence-corrected chi connectivity index (χ3v) is 15.2. The SMILES string of the molecule is CC1(C)CC(=O)N[C@@H](Cc2ccc(O)cc2)C(=O)N[C@H](Cc2ccccc2)C(=O)N[C@@H](CCC(N)=O)C(=O)N[C@H](CC(N)=O)C(=O)N[C@@H](C(=O)N2CCC[C@H]2C(=O)N[C@H](CCCN=C(N)N)C(=O)NCC(N)=O)CSS1. The maximum atomic E-state index is 14.7. The number of guanidine groups is 1. The molecule has 7 atom stereocenters. The number of phenols is 1. The Kier molecular flexibility index (Phi) is 23.6. The molecule has 0 bridgehead atoms. The number of carbonyl (C=O) groups is 11. The summed E-state index contributed by atoms with van der Waals surface area (Å²) in [5.74, 6) is -9.95. The van der Waals surface area contributed by atoms with E-state index >= 15 is 0 Å². The molecule has 2 aromatic carbocycles. The van der Waals surface area contributed by atoms with E-state index in [1.165, 1.54) is 17.0 Å². The number of hydrogen-bond acceptors (Lipinski definition) is 15. The number of nitrogens with two attached hydrogens (primary N) is 5. The standard InChI is InChI=1S/C48H68N14O12S2/c1-48(2)23-39(67)56-31(21-27-12-14-28(63)15-13-27)42(70)59-32(20-26-8-4-3-5-9-26)43(71)57-30(16-17-36(49)64)41(69)60-33(22-37(50)65)44(72)61-34(25-75-76-48)46(74)62-19-7-11-35(62)45(73)58-29(10-6-18-54-47(52)53)40(68)55-24-38(51)66/h3-5,8-9,12-15,29-35,63H,6-7,10-11,16-25H2,1-2H3,(H2,49,64)(H2,50,65)(H2,51,66)(H,55,68)(H,56,67)(H,57,71)(H,58,73)(H,59,70)(H,60,69)(H,61,72)(H4,52,53,54)/t29-,30+,31+,32-,33-,34-,35+/m1/s1. The number of benzene rings is 2. The molecule has 0 aromatic heterocycles. The Morgan fingerprint density at radius 1 is 0.763 bits per heavy atom. The van der Waals surface area contributed by atoms with Crippen molar-refractivity contribution in [2.75, 3.05) is 25.4 Å². The van der Waals surface area contributed by atoms with Crippen molar-refractivity contribution in [3.8, 4) is 5.75 Å². The molecule has 2 aliphatic heterocycles. The lowest BCUT2D eigenvalue weighted by Crippen LogP contribution is -2.61. The van der Waals surface area contributed by atoms with Crippen molar-refractivity contribution in [1.82, 2.24) is 42.1 Å². The molecule has 2 saturated heterocycles. The summed E-state index contributed by atoms with van der Waals surface area (Å²) in [7, 11) is 2.22. The monoisotopic (exact) mass is 1100 g/mol. The van der Waals surface area contributed by atoms with Gasteiger partial charge in [-0.2, -0.15) is 0 Å². The van der Waals surface area contributed by atoms with E-state index in [4.69, 9.17) is 28.7 Å². The van der Waals surface area contributed by atoms with Crippen LogP contribution >= 0.6 is 21.6 Å². The number of phenolic OH excluding ortho intramolecular Hbond substituents is 1. The number of aromatic hydroxyl groups is 1. The summed E-state index contributed by atoms with van der Waals surface area (Å²) in [4.78, 5) is 154. The van der Waals surface area contributed by atoms with E-state index < -0.39 is 138 Å². The summed E-state index contributed by atoms with van der Waals surface area (Å²) < 4.78 is -0.938. The molecule has 2 fully saturated rings. The van der Waals surface area contributed by atoms with E-state index in [0.717, 1.165) is 21.6 Å². The van der Waals surface area contributed by atoms with Gasteiger partial charge in [-0.3, -0.25) is 57.7 Å². The molecule has 4 rings (SSSR count). The van der Waals surface area contributed by atoms with E-state index in [1.807, 2.05) is 0 Å². The van der Waals surface area contributed by atoms with Crippen molar-refractivity contribution in [3.05, 3.63) is 65.7 Å².